The molecule has 1 aliphatic heterocycles. The first-order chi connectivity index (χ1) is 9.24. The Bertz CT molecular complexity index is 480. The molecule has 0 saturated carbocycles. The molecule has 2 aliphatic rings. The maximum atomic E-state index is 13.3. The van der Waals surface area contributed by atoms with Gasteiger partial charge >= 0.3 is 0 Å². The maximum Gasteiger partial charge on any atom is 0.123 e. The van der Waals surface area contributed by atoms with Gasteiger partial charge in [-0.2, -0.15) is 0 Å². The summed E-state index contributed by atoms with van der Waals surface area (Å²) >= 11 is 0. The molecular weight excluding hydrogens is 237 g/mol. The lowest BCUT2D eigenvalue weighted by molar-refractivity contribution is 0.179. The first-order valence-electron chi connectivity index (χ1n) is 7.45. The van der Waals surface area contributed by atoms with E-state index in [9.17, 15) is 4.39 Å². The van der Waals surface area contributed by atoms with Crippen molar-refractivity contribution < 1.29 is 4.39 Å². The Hall–Kier alpha value is -1.15. The molecule has 1 aromatic carbocycles. The summed E-state index contributed by atoms with van der Waals surface area (Å²) in [7, 11) is 0. The highest BCUT2D eigenvalue weighted by molar-refractivity contribution is 5.66. The van der Waals surface area contributed by atoms with Crippen molar-refractivity contribution in [2.75, 3.05) is 6.54 Å². The summed E-state index contributed by atoms with van der Waals surface area (Å²) in [4.78, 5) is 2.67. The number of allylic oxidation sites excluding steroid dienone is 1. The monoisotopic (exact) mass is 259 g/mol. The fraction of sp³-hybridized carbons (Fsp3) is 0.529. The molecule has 1 heterocycles. The Kier molecular flexibility index (Phi) is 3.69. The van der Waals surface area contributed by atoms with Crippen molar-refractivity contribution in [2.45, 2.75) is 51.1 Å². The molecule has 1 aromatic rings. The molecule has 1 aliphatic carbocycles. The minimum absolute atomic E-state index is 0.131. The molecule has 1 saturated heterocycles. The largest absolute Gasteiger partial charge is 0.297 e. The molecule has 0 spiro atoms. The molecule has 19 heavy (non-hydrogen) atoms. The summed E-state index contributed by atoms with van der Waals surface area (Å²) in [6, 6.07) is 8.45. The van der Waals surface area contributed by atoms with Gasteiger partial charge < -0.3 is 0 Å². The lowest BCUT2D eigenvalue weighted by Crippen LogP contribution is -2.38. The quantitative estimate of drug-likeness (QED) is 0.767. The number of halogens is 1. The van der Waals surface area contributed by atoms with Gasteiger partial charge in [-0.15, -0.1) is 0 Å². The van der Waals surface area contributed by atoms with Crippen molar-refractivity contribution in [1.82, 2.24) is 4.90 Å². The van der Waals surface area contributed by atoms with E-state index in [1.165, 1.54) is 37.4 Å². The Morgan fingerprint density at radius 3 is 2.79 bits per heavy atom. The van der Waals surface area contributed by atoms with E-state index in [0.717, 1.165) is 24.4 Å². The van der Waals surface area contributed by atoms with E-state index >= 15 is 0 Å². The average Bonchev–Trinajstić information content (AvgIpc) is 2.85. The van der Waals surface area contributed by atoms with E-state index in [0.29, 0.717) is 6.04 Å². The minimum Gasteiger partial charge on any atom is -0.297 e. The van der Waals surface area contributed by atoms with Crippen molar-refractivity contribution in [3.8, 4) is 0 Å². The number of likely N-dealkylation sites (tertiary alicyclic amines) is 1. The normalized spacial score (nSPS) is 28.4. The van der Waals surface area contributed by atoms with Gasteiger partial charge in [0.05, 0.1) is 0 Å². The van der Waals surface area contributed by atoms with Gasteiger partial charge in [-0.1, -0.05) is 18.2 Å². The van der Waals surface area contributed by atoms with Gasteiger partial charge in [-0.3, -0.25) is 4.90 Å². The van der Waals surface area contributed by atoms with E-state index in [1.54, 1.807) is 12.1 Å². The number of rotatable bonds is 2. The molecule has 1 nitrogen and oxygen atoms in total. The number of nitrogens with zero attached hydrogens (tertiary/aromatic N) is 1. The second-order valence-corrected chi connectivity index (χ2v) is 5.90. The first-order valence-corrected chi connectivity index (χ1v) is 7.45. The van der Waals surface area contributed by atoms with Crippen LogP contribution in [-0.2, 0) is 0 Å². The van der Waals surface area contributed by atoms with Crippen LogP contribution in [-0.4, -0.2) is 23.5 Å². The van der Waals surface area contributed by atoms with Crippen LogP contribution >= 0.6 is 0 Å². The third kappa shape index (κ3) is 2.74. The fourth-order valence-corrected chi connectivity index (χ4v) is 3.57. The SMILES string of the molecule is CC1CCCN1C1CC=C(c2cccc(F)c2)CC1. The standard InChI is InChI=1S/C17H22FN/c1-13-4-3-11-19(13)17-9-7-14(8-10-17)15-5-2-6-16(18)12-15/h2,5-7,12-13,17H,3-4,8-11H2,1H3. The van der Waals surface area contributed by atoms with E-state index in [1.807, 2.05) is 6.07 Å². The summed E-state index contributed by atoms with van der Waals surface area (Å²) in [6.07, 6.45) is 8.43. The molecule has 1 fully saturated rings. The van der Waals surface area contributed by atoms with E-state index in [2.05, 4.69) is 17.9 Å². The predicted octanol–water partition coefficient (Wildman–Crippen LogP) is 4.25. The number of hydrogen-bond donors (Lipinski definition) is 0. The lowest BCUT2D eigenvalue weighted by atomic mass is 9.89. The molecule has 2 atom stereocenters. The summed E-state index contributed by atoms with van der Waals surface area (Å²) in [5, 5.41) is 0. The molecule has 2 heteroatoms. The van der Waals surface area contributed by atoms with Gasteiger partial charge in [-0.05, 0) is 68.8 Å². The van der Waals surface area contributed by atoms with Crippen LogP contribution in [0.3, 0.4) is 0 Å². The van der Waals surface area contributed by atoms with Crippen LogP contribution in [0.2, 0.25) is 0 Å². The highest BCUT2D eigenvalue weighted by atomic mass is 19.1. The van der Waals surface area contributed by atoms with Crippen LogP contribution in [0.25, 0.3) is 5.57 Å². The van der Waals surface area contributed by atoms with Crippen molar-refractivity contribution in [3.05, 3.63) is 41.7 Å². The predicted molar refractivity (Wildman–Crippen MR) is 77.4 cm³/mol. The summed E-state index contributed by atoms with van der Waals surface area (Å²) < 4.78 is 13.3. The zero-order valence-corrected chi connectivity index (χ0v) is 11.6. The van der Waals surface area contributed by atoms with Crippen LogP contribution in [0, 0.1) is 5.82 Å². The van der Waals surface area contributed by atoms with Crippen LogP contribution < -0.4 is 0 Å². The minimum atomic E-state index is -0.131. The van der Waals surface area contributed by atoms with Gasteiger partial charge in [0.25, 0.3) is 0 Å². The van der Waals surface area contributed by atoms with Crippen molar-refractivity contribution in [2.24, 2.45) is 0 Å². The molecule has 0 amide bonds. The van der Waals surface area contributed by atoms with Crippen molar-refractivity contribution in [1.29, 1.82) is 0 Å². The summed E-state index contributed by atoms with van der Waals surface area (Å²) in [5.74, 6) is -0.131. The number of benzene rings is 1. The Morgan fingerprint density at radius 2 is 2.16 bits per heavy atom. The molecular formula is C17H22FN. The highest BCUT2D eigenvalue weighted by Crippen LogP contribution is 2.32. The van der Waals surface area contributed by atoms with Crippen LogP contribution in [0.5, 0.6) is 0 Å². The van der Waals surface area contributed by atoms with Crippen LogP contribution in [0.4, 0.5) is 4.39 Å². The van der Waals surface area contributed by atoms with E-state index < -0.39 is 0 Å². The number of hydrogen-bond acceptors (Lipinski definition) is 1. The summed E-state index contributed by atoms with van der Waals surface area (Å²) in [5.41, 5.74) is 2.38. The topological polar surface area (TPSA) is 3.24 Å². The van der Waals surface area contributed by atoms with Gasteiger partial charge in [-0.25, -0.2) is 4.39 Å². The second-order valence-electron chi connectivity index (χ2n) is 5.90. The Morgan fingerprint density at radius 1 is 1.26 bits per heavy atom. The van der Waals surface area contributed by atoms with Crippen LogP contribution in [0.1, 0.15) is 44.6 Å². The molecule has 102 valence electrons. The van der Waals surface area contributed by atoms with Gasteiger partial charge in [0.1, 0.15) is 5.82 Å². The van der Waals surface area contributed by atoms with E-state index in [4.69, 9.17) is 0 Å². The Balaban J connectivity index is 1.70. The van der Waals surface area contributed by atoms with Crippen LogP contribution in [0.15, 0.2) is 30.3 Å². The molecule has 0 bridgehead atoms. The zero-order valence-electron chi connectivity index (χ0n) is 11.6. The third-order valence-corrected chi connectivity index (χ3v) is 4.65. The van der Waals surface area contributed by atoms with Gasteiger partial charge in [0.15, 0.2) is 0 Å². The lowest BCUT2D eigenvalue weighted by Gasteiger charge is -2.33. The molecule has 2 unspecified atom stereocenters. The summed E-state index contributed by atoms with van der Waals surface area (Å²) in [6.45, 7) is 3.60. The second kappa shape index (κ2) is 5.46. The van der Waals surface area contributed by atoms with Crippen molar-refractivity contribution in [3.63, 3.8) is 0 Å². The smallest absolute Gasteiger partial charge is 0.123 e. The molecule has 0 radical (unpaired) electrons. The zero-order chi connectivity index (χ0) is 13.2. The third-order valence-electron chi connectivity index (χ3n) is 4.65. The average molecular weight is 259 g/mol. The van der Waals surface area contributed by atoms with Crippen molar-refractivity contribution >= 4 is 5.57 Å². The maximum absolute atomic E-state index is 13.3. The fourth-order valence-electron chi connectivity index (χ4n) is 3.57. The highest BCUT2D eigenvalue weighted by Gasteiger charge is 2.28. The Labute approximate surface area is 115 Å². The van der Waals surface area contributed by atoms with Gasteiger partial charge in [0.2, 0.25) is 0 Å². The van der Waals surface area contributed by atoms with Gasteiger partial charge in [0, 0.05) is 12.1 Å². The molecule has 0 N–H and O–H groups in total. The first kappa shape index (κ1) is 12.9. The molecule has 0 aromatic heterocycles. The van der Waals surface area contributed by atoms with E-state index in [-0.39, 0.29) is 5.82 Å². The molecule has 3 rings (SSSR count).